The topological polar surface area (TPSA) is 111 Å². The van der Waals surface area contributed by atoms with Gasteiger partial charge in [-0.1, -0.05) is 413 Å². The second kappa shape index (κ2) is 80.9. The van der Waals surface area contributed by atoms with Crippen molar-refractivity contribution >= 4 is 17.9 Å². The van der Waals surface area contributed by atoms with Crippen molar-refractivity contribution in [2.45, 2.75) is 418 Å². The number of carboxylic acid groups (broad SMARTS) is 1. The molecule has 0 N–H and O–H groups in total. The Morgan fingerprint density at radius 2 is 0.570 bits per heavy atom. The summed E-state index contributed by atoms with van der Waals surface area (Å²) in [7, 11) is 5.95. The molecule has 9 heteroatoms. The fourth-order valence-corrected chi connectivity index (χ4v) is 12.6. The molecule has 580 valence electrons. The first-order chi connectivity index (χ1) is 49.1. The van der Waals surface area contributed by atoms with Crippen LogP contribution in [0.2, 0.25) is 0 Å². The molecule has 100 heavy (non-hydrogen) atoms. The minimum Gasteiger partial charge on any atom is -0.545 e. The van der Waals surface area contributed by atoms with Crippen molar-refractivity contribution in [3.63, 3.8) is 0 Å². The Bertz CT molecular complexity index is 1970. The van der Waals surface area contributed by atoms with E-state index in [2.05, 4.69) is 111 Å². The van der Waals surface area contributed by atoms with Gasteiger partial charge in [0.15, 0.2) is 12.4 Å². The summed E-state index contributed by atoms with van der Waals surface area (Å²) in [6.45, 7) is 4.69. The number of allylic oxidation sites excluding steroid dienone is 16. The molecule has 0 rings (SSSR count). The number of carboxylic acids is 1. The zero-order valence-electron chi connectivity index (χ0n) is 66.6. The van der Waals surface area contributed by atoms with Gasteiger partial charge in [0.25, 0.3) is 0 Å². The number of ether oxygens (including phenoxy) is 4. The standard InChI is InChI=1S/C91H163NO8/c1-6-8-10-12-14-16-18-20-22-24-26-28-30-32-34-36-38-40-42-44-46-47-49-51-53-55-57-59-61-63-65-67-69-71-73-75-77-79-81-88(93)98-85-87(86-99-91(90(95)96)97-84-83-92(3,4)5)100-89(94)82-80-78-76-74-72-70-68-66-64-62-60-58-56-54-52-50-48-45-43-41-39-37-35-33-31-29-27-25-23-21-19-17-15-13-11-9-7-2/h9,11,15,17,21,23,27,29,33,35,39,41,45,48,52,54,87,91H,6-8,10,12-14,16,18-20,22,24-26,28,30-32,34,36-38,40,42-44,46-47,49-51,53,55-86H2,1-5H3/b11-9-,17-15-,23-21-,29-27-,35-33-,41-39-,48-45-,54-52-. The highest BCUT2D eigenvalue weighted by atomic mass is 16.7. The third-order valence-electron chi connectivity index (χ3n) is 19.1. The van der Waals surface area contributed by atoms with E-state index >= 15 is 0 Å². The summed E-state index contributed by atoms with van der Waals surface area (Å²) in [5.41, 5.74) is 0. The lowest BCUT2D eigenvalue weighted by molar-refractivity contribution is -0.870. The van der Waals surface area contributed by atoms with Gasteiger partial charge >= 0.3 is 11.9 Å². The van der Waals surface area contributed by atoms with Crippen molar-refractivity contribution in [3.05, 3.63) is 97.2 Å². The van der Waals surface area contributed by atoms with Crippen LogP contribution in [0, 0.1) is 0 Å². The van der Waals surface area contributed by atoms with Gasteiger partial charge < -0.3 is 33.3 Å². The molecule has 0 aliphatic rings. The van der Waals surface area contributed by atoms with Crippen molar-refractivity contribution in [3.8, 4) is 0 Å². The summed E-state index contributed by atoms with van der Waals surface area (Å²) in [6, 6.07) is 0. The number of likely N-dealkylation sites (N-methyl/N-ethyl adjacent to an activating group) is 1. The maximum absolute atomic E-state index is 13.0. The van der Waals surface area contributed by atoms with Gasteiger partial charge in [-0.05, 0) is 77.0 Å². The van der Waals surface area contributed by atoms with E-state index in [0.29, 0.717) is 23.9 Å². The van der Waals surface area contributed by atoms with Crippen LogP contribution >= 0.6 is 0 Å². The number of quaternary nitrogens is 1. The summed E-state index contributed by atoms with van der Waals surface area (Å²) in [5, 5.41) is 11.9. The molecule has 0 aromatic carbocycles. The van der Waals surface area contributed by atoms with E-state index in [1.807, 2.05) is 21.1 Å². The predicted octanol–water partition coefficient (Wildman–Crippen LogP) is 26.5. The van der Waals surface area contributed by atoms with Crippen molar-refractivity contribution in [1.82, 2.24) is 0 Å². The number of hydrogen-bond donors (Lipinski definition) is 0. The summed E-state index contributed by atoms with van der Waals surface area (Å²) in [5.74, 6) is -2.27. The lowest BCUT2D eigenvalue weighted by atomic mass is 10.0. The van der Waals surface area contributed by atoms with E-state index in [1.165, 1.54) is 283 Å². The molecule has 0 aromatic rings. The Labute approximate surface area is 620 Å². The van der Waals surface area contributed by atoms with Crippen molar-refractivity contribution in [2.75, 3.05) is 47.5 Å². The molecule has 0 saturated heterocycles. The van der Waals surface area contributed by atoms with Gasteiger partial charge in [0.05, 0.1) is 40.3 Å². The van der Waals surface area contributed by atoms with Crippen LogP contribution in [0.25, 0.3) is 0 Å². The molecular formula is C91H163NO8. The normalized spacial score (nSPS) is 13.1. The largest absolute Gasteiger partial charge is 0.545 e. The highest BCUT2D eigenvalue weighted by molar-refractivity contribution is 5.70. The van der Waals surface area contributed by atoms with Crippen LogP contribution in [-0.2, 0) is 33.3 Å². The second-order valence-electron chi connectivity index (χ2n) is 30.1. The molecule has 0 spiro atoms. The Morgan fingerprint density at radius 1 is 0.310 bits per heavy atom. The van der Waals surface area contributed by atoms with E-state index in [4.69, 9.17) is 18.9 Å². The predicted molar refractivity (Wildman–Crippen MR) is 431 cm³/mol. The minimum absolute atomic E-state index is 0.146. The smallest absolute Gasteiger partial charge is 0.306 e. The third kappa shape index (κ3) is 81.5. The summed E-state index contributed by atoms with van der Waals surface area (Å²) < 4.78 is 22.9. The third-order valence-corrected chi connectivity index (χ3v) is 19.1. The molecule has 2 atom stereocenters. The fourth-order valence-electron chi connectivity index (χ4n) is 12.6. The molecule has 0 radical (unpaired) electrons. The van der Waals surface area contributed by atoms with Crippen molar-refractivity contribution < 1.29 is 42.9 Å². The number of rotatable bonds is 80. The van der Waals surface area contributed by atoms with Crippen LogP contribution in [-0.4, -0.2) is 82.3 Å². The first-order valence-electron chi connectivity index (χ1n) is 42.9. The van der Waals surface area contributed by atoms with E-state index in [1.54, 1.807) is 0 Å². The van der Waals surface area contributed by atoms with Crippen LogP contribution in [0.1, 0.15) is 406 Å². The Balaban J connectivity index is 3.98. The molecule has 0 amide bonds. The molecule has 0 bridgehead atoms. The maximum Gasteiger partial charge on any atom is 0.306 e. The van der Waals surface area contributed by atoms with E-state index in [0.717, 1.165) is 89.9 Å². The minimum atomic E-state index is -1.63. The molecule has 0 fully saturated rings. The molecule has 0 aliphatic carbocycles. The molecule has 2 unspecified atom stereocenters. The van der Waals surface area contributed by atoms with Gasteiger partial charge in [-0.2, -0.15) is 0 Å². The lowest BCUT2D eigenvalue weighted by Gasteiger charge is -2.26. The summed E-state index contributed by atoms with van der Waals surface area (Å²) in [6.07, 6.45) is 110. The van der Waals surface area contributed by atoms with Crippen LogP contribution in [0.5, 0.6) is 0 Å². The number of carbonyl (C=O) groups excluding carboxylic acids is 3. The average Bonchev–Trinajstić information content (AvgIpc) is 1.14. The highest BCUT2D eigenvalue weighted by Gasteiger charge is 2.22. The van der Waals surface area contributed by atoms with Crippen LogP contribution in [0.15, 0.2) is 97.2 Å². The second-order valence-corrected chi connectivity index (χ2v) is 30.1. The molecule has 0 heterocycles. The van der Waals surface area contributed by atoms with E-state index in [-0.39, 0.29) is 32.2 Å². The Morgan fingerprint density at radius 3 is 0.850 bits per heavy atom. The van der Waals surface area contributed by atoms with Gasteiger partial charge in [0.1, 0.15) is 13.2 Å². The molecular weight excluding hydrogens is 1230 g/mol. The summed E-state index contributed by atoms with van der Waals surface area (Å²) in [4.78, 5) is 37.7. The molecule has 0 aromatic heterocycles. The quantitative estimate of drug-likeness (QED) is 0.0195. The molecule has 0 aliphatic heterocycles. The van der Waals surface area contributed by atoms with Crippen molar-refractivity contribution in [2.24, 2.45) is 0 Å². The first-order valence-corrected chi connectivity index (χ1v) is 42.9. The number of unbranched alkanes of at least 4 members (excludes halogenated alkanes) is 49. The SMILES string of the molecule is CC/C=C\C/C=C\C/C=C\C/C=C\C/C=C\C/C=C\C/C=C\C/C=C\CCCCCCCCCCCCCCC(=O)OC(COC(=O)CCCCCCCCCCCCCCCCCCCCCCCCCCCCCCCCCCCCCCCC)COC(OCC[N+](C)(C)C)C(=O)[O-]. The molecule has 0 saturated carbocycles. The monoisotopic (exact) mass is 1400 g/mol. The highest BCUT2D eigenvalue weighted by Crippen LogP contribution is 2.20. The van der Waals surface area contributed by atoms with Gasteiger partial charge in [-0.3, -0.25) is 9.59 Å². The zero-order chi connectivity index (χ0) is 72.5. The van der Waals surface area contributed by atoms with Gasteiger partial charge in [-0.15, -0.1) is 0 Å². The lowest BCUT2D eigenvalue weighted by Crippen LogP contribution is -2.44. The Hall–Kier alpha value is -3.79. The summed E-state index contributed by atoms with van der Waals surface area (Å²) >= 11 is 0. The number of nitrogens with zero attached hydrogens (tertiary/aromatic N) is 1. The number of carbonyl (C=O) groups is 3. The fraction of sp³-hybridized carbons (Fsp3) is 0.791. The van der Waals surface area contributed by atoms with Crippen LogP contribution < -0.4 is 5.11 Å². The van der Waals surface area contributed by atoms with Gasteiger partial charge in [0, 0.05) is 12.8 Å². The van der Waals surface area contributed by atoms with Crippen LogP contribution in [0.3, 0.4) is 0 Å². The van der Waals surface area contributed by atoms with Gasteiger partial charge in [0.2, 0.25) is 0 Å². The number of aliphatic carboxylic acids is 1. The van der Waals surface area contributed by atoms with E-state index < -0.39 is 24.3 Å². The number of esters is 2. The van der Waals surface area contributed by atoms with Gasteiger partial charge in [-0.25, -0.2) is 0 Å². The first kappa shape index (κ1) is 96.2. The maximum atomic E-state index is 13.0. The van der Waals surface area contributed by atoms with Crippen LogP contribution in [0.4, 0.5) is 0 Å². The molecule has 9 nitrogen and oxygen atoms in total. The number of hydrogen-bond acceptors (Lipinski definition) is 8. The Kier molecular flexibility index (Phi) is 77.8. The van der Waals surface area contributed by atoms with E-state index in [9.17, 15) is 19.5 Å². The van der Waals surface area contributed by atoms with Crippen molar-refractivity contribution in [1.29, 1.82) is 0 Å². The zero-order valence-corrected chi connectivity index (χ0v) is 66.6. The average molecular weight is 1400 g/mol.